The van der Waals surface area contributed by atoms with Crippen molar-refractivity contribution in [2.75, 3.05) is 14.2 Å². The predicted octanol–water partition coefficient (Wildman–Crippen LogP) is 2.56. The third-order valence-corrected chi connectivity index (χ3v) is 4.26. The van der Waals surface area contributed by atoms with Crippen LogP contribution in [-0.4, -0.2) is 40.3 Å². The minimum atomic E-state index is -0.715. The minimum absolute atomic E-state index is 0.0560. The molecule has 0 spiro atoms. The van der Waals surface area contributed by atoms with Crippen LogP contribution >= 0.6 is 0 Å². The van der Waals surface area contributed by atoms with Crippen molar-refractivity contribution < 1.29 is 24.5 Å². The molecule has 3 rings (SSSR count). The number of hydrogen-bond acceptors (Lipinski definition) is 7. The highest BCUT2D eigenvalue weighted by atomic mass is 16.5. The van der Waals surface area contributed by atoms with Crippen molar-refractivity contribution in [3.63, 3.8) is 0 Å². The monoisotopic (exact) mass is 395 g/mol. The molecule has 0 radical (unpaired) electrons. The van der Waals surface area contributed by atoms with E-state index in [1.807, 2.05) is 36.4 Å². The summed E-state index contributed by atoms with van der Waals surface area (Å²) in [6, 6.07) is 16.3. The predicted molar refractivity (Wildman–Crippen MR) is 105 cm³/mol. The number of aromatic nitrogens is 2. The van der Waals surface area contributed by atoms with E-state index in [-0.39, 0.29) is 18.1 Å². The summed E-state index contributed by atoms with van der Waals surface area (Å²) < 4.78 is 10.6. The number of nitrogens with zero attached hydrogens (tertiary/aromatic N) is 2. The first kappa shape index (κ1) is 20.1. The van der Waals surface area contributed by atoms with Gasteiger partial charge in [-0.2, -0.15) is 4.98 Å². The number of aromatic hydroxyl groups is 2. The number of benzene rings is 2. The normalized spacial score (nSPS) is 11.7. The molecule has 1 aromatic heterocycles. The third-order valence-electron chi connectivity index (χ3n) is 4.26. The fourth-order valence-corrected chi connectivity index (χ4v) is 2.80. The maximum Gasteiger partial charge on any atom is 0.274 e. The summed E-state index contributed by atoms with van der Waals surface area (Å²) >= 11 is 0. The average Bonchev–Trinajstić information content (AvgIpc) is 2.75. The Morgan fingerprint density at radius 2 is 1.83 bits per heavy atom. The molecule has 3 aromatic rings. The average molecular weight is 395 g/mol. The molecule has 8 nitrogen and oxygen atoms in total. The van der Waals surface area contributed by atoms with Gasteiger partial charge in [0.05, 0.1) is 7.11 Å². The van der Waals surface area contributed by atoms with Gasteiger partial charge in [0.15, 0.2) is 11.5 Å². The molecule has 150 valence electrons. The molecule has 29 heavy (non-hydrogen) atoms. The largest absolute Gasteiger partial charge is 0.501 e. The number of methoxy groups -OCH3 is 2. The SMILES string of the molecule is COc1cccc(CNC(=O)c2nc(C(OC)c3ccccc3)nc(O)c2O)c1. The van der Waals surface area contributed by atoms with Gasteiger partial charge in [-0.25, -0.2) is 4.98 Å². The molecule has 1 amide bonds. The molecular formula is C21H21N3O5. The second-order valence-electron chi connectivity index (χ2n) is 6.16. The van der Waals surface area contributed by atoms with Gasteiger partial charge >= 0.3 is 0 Å². The van der Waals surface area contributed by atoms with E-state index in [0.29, 0.717) is 5.75 Å². The van der Waals surface area contributed by atoms with E-state index in [9.17, 15) is 15.0 Å². The first-order chi connectivity index (χ1) is 14.0. The second-order valence-corrected chi connectivity index (χ2v) is 6.16. The summed E-state index contributed by atoms with van der Waals surface area (Å²) in [5.74, 6) is -1.33. The fraction of sp³-hybridized carbons (Fsp3) is 0.190. The molecule has 0 aliphatic carbocycles. The smallest absolute Gasteiger partial charge is 0.274 e. The van der Waals surface area contributed by atoms with Crippen molar-refractivity contribution in [2.24, 2.45) is 0 Å². The van der Waals surface area contributed by atoms with Crippen LogP contribution in [0.5, 0.6) is 17.4 Å². The number of hydrogen-bond donors (Lipinski definition) is 3. The Morgan fingerprint density at radius 3 is 2.52 bits per heavy atom. The van der Waals surface area contributed by atoms with Gasteiger partial charge in [-0.05, 0) is 23.3 Å². The van der Waals surface area contributed by atoms with Gasteiger partial charge in [0, 0.05) is 13.7 Å². The summed E-state index contributed by atoms with van der Waals surface area (Å²) in [5.41, 5.74) is 1.20. The Balaban J connectivity index is 1.85. The zero-order valence-corrected chi connectivity index (χ0v) is 16.0. The fourth-order valence-electron chi connectivity index (χ4n) is 2.80. The highest BCUT2D eigenvalue weighted by Gasteiger charge is 2.24. The number of carbonyl (C=O) groups is 1. The molecule has 3 N–H and O–H groups in total. The topological polar surface area (TPSA) is 114 Å². The van der Waals surface area contributed by atoms with E-state index in [4.69, 9.17) is 9.47 Å². The van der Waals surface area contributed by atoms with Gasteiger partial charge in [-0.15, -0.1) is 0 Å². The Bertz CT molecular complexity index is 995. The van der Waals surface area contributed by atoms with Crippen LogP contribution in [0.3, 0.4) is 0 Å². The summed E-state index contributed by atoms with van der Waals surface area (Å²) in [7, 11) is 3.02. The summed E-state index contributed by atoms with van der Waals surface area (Å²) in [6.07, 6.45) is -0.715. The number of ether oxygens (including phenoxy) is 2. The Labute approximate surface area is 167 Å². The van der Waals surface area contributed by atoms with E-state index < -0.39 is 23.6 Å². The Morgan fingerprint density at radius 1 is 1.07 bits per heavy atom. The van der Waals surface area contributed by atoms with Crippen molar-refractivity contribution in [1.29, 1.82) is 0 Å². The first-order valence-corrected chi connectivity index (χ1v) is 8.82. The molecule has 1 unspecified atom stereocenters. The number of rotatable bonds is 7. The molecule has 0 saturated heterocycles. The maximum atomic E-state index is 12.6. The van der Waals surface area contributed by atoms with Crippen LogP contribution in [0.15, 0.2) is 54.6 Å². The van der Waals surface area contributed by atoms with Gasteiger partial charge < -0.3 is 25.0 Å². The molecule has 0 saturated carbocycles. The van der Waals surface area contributed by atoms with Crippen LogP contribution < -0.4 is 10.1 Å². The number of carbonyl (C=O) groups excluding carboxylic acids is 1. The number of nitrogens with one attached hydrogen (secondary N) is 1. The molecule has 2 aromatic carbocycles. The van der Waals surface area contributed by atoms with Crippen molar-refractivity contribution in [3.8, 4) is 17.4 Å². The van der Waals surface area contributed by atoms with Gasteiger partial charge in [0.1, 0.15) is 11.9 Å². The van der Waals surface area contributed by atoms with Gasteiger partial charge in [-0.3, -0.25) is 4.79 Å². The molecule has 0 aliphatic heterocycles. The zero-order chi connectivity index (χ0) is 20.8. The zero-order valence-electron chi connectivity index (χ0n) is 16.0. The van der Waals surface area contributed by atoms with Gasteiger partial charge in [0.2, 0.25) is 5.75 Å². The molecular weight excluding hydrogens is 374 g/mol. The lowest BCUT2D eigenvalue weighted by molar-refractivity contribution is 0.0937. The van der Waals surface area contributed by atoms with E-state index in [2.05, 4.69) is 15.3 Å². The highest BCUT2D eigenvalue weighted by molar-refractivity contribution is 5.95. The van der Waals surface area contributed by atoms with Crippen LogP contribution in [-0.2, 0) is 11.3 Å². The van der Waals surface area contributed by atoms with Crippen molar-refractivity contribution >= 4 is 5.91 Å². The number of amides is 1. The Kier molecular flexibility index (Phi) is 6.25. The lowest BCUT2D eigenvalue weighted by Gasteiger charge is -2.16. The van der Waals surface area contributed by atoms with Crippen LogP contribution in [0.1, 0.15) is 33.5 Å². The van der Waals surface area contributed by atoms with Gasteiger partial charge in [0.25, 0.3) is 11.8 Å². The van der Waals surface area contributed by atoms with E-state index in [1.165, 1.54) is 7.11 Å². The lowest BCUT2D eigenvalue weighted by Crippen LogP contribution is -2.25. The molecule has 8 heteroatoms. The molecule has 0 fully saturated rings. The maximum absolute atomic E-state index is 12.6. The molecule has 0 aliphatic rings. The van der Waals surface area contributed by atoms with Crippen LogP contribution in [0, 0.1) is 0 Å². The van der Waals surface area contributed by atoms with Crippen molar-refractivity contribution in [1.82, 2.24) is 15.3 Å². The van der Waals surface area contributed by atoms with Gasteiger partial charge in [-0.1, -0.05) is 42.5 Å². The summed E-state index contributed by atoms with van der Waals surface area (Å²) in [5, 5.41) is 22.8. The molecule has 1 atom stereocenters. The van der Waals surface area contributed by atoms with Crippen molar-refractivity contribution in [2.45, 2.75) is 12.6 Å². The third kappa shape index (κ3) is 4.61. The molecule has 1 heterocycles. The lowest BCUT2D eigenvalue weighted by atomic mass is 10.1. The van der Waals surface area contributed by atoms with E-state index in [0.717, 1.165) is 11.1 Å². The van der Waals surface area contributed by atoms with Crippen molar-refractivity contribution in [3.05, 3.63) is 77.2 Å². The second kappa shape index (κ2) is 9.03. The highest BCUT2D eigenvalue weighted by Crippen LogP contribution is 2.30. The first-order valence-electron chi connectivity index (χ1n) is 8.82. The van der Waals surface area contributed by atoms with E-state index in [1.54, 1.807) is 25.3 Å². The Hall–Kier alpha value is -3.65. The molecule has 0 bridgehead atoms. The summed E-state index contributed by atoms with van der Waals surface area (Å²) in [6.45, 7) is 0.183. The quantitative estimate of drug-likeness (QED) is 0.563. The summed E-state index contributed by atoms with van der Waals surface area (Å²) in [4.78, 5) is 20.6. The van der Waals surface area contributed by atoms with Crippen LogP contribution in [0.25, 0.3) is 0 Å². The standard InChI is InChI=1S/C21H21N3O5/c1-28-15-10-6-7-13(11-15)12-22-20(26)16-17(25)21(27)24-19(23-16)18(29-2)14-8-4-3-5-9-14/h3-11,18,25H,12H2,1-2H3,(H,22,26)(H,23,24,27). The van der Waals surface area contributed by atoms with E-state index >= 15 is 0 Å². The van der Waals surface area contributed by atoms with Crippen LogP contribution in [0.4, 0.5) is 0 Å². The van der Waals surface area contributed by atoms with Crippen LogP contribution in [0.2, 0.25) is 0 Å². The minimum Gasteiger partial charge on any atom is -0.501 e.